The van der Waals surface area contributed by atoms with Gasteiger partial charge in [0.05, 0.1) is 7.11 Å². The van der Waals surface area contributed by atoms with Gasteiger partial charge in [0, 0.05) is 23.4 Å². The van der Waals surface area contributed by atoms with Gasteiger partial charge in [0.25, 0.3) is 0 Å². The Kier molecular flexibility index (Phi) is 4.33. The molecule has 5 heteroatoms. The number of rotatable bonds is 4. The lowest BCUT2D eigenvalue weighted by Crippen LogP contribution is -2.06. The van der Waals surface area contributed by atoms with Crippen LogP contribution in [0, 0.1) is 6.92 Å². The molecular weight excluding hydrogens is 306 g/mol. The Morgan fingerprint density at radius 1 is 1.08 bits per heavy atom. The maximum atomic E-state index is 11.2. The van der Waals surface area contributed by atoms with Crippen LogP contribution in [0.15, 0.2) is 58.1 Å². The molecule has 0 saturated carbocycles. The quantitative estimate of drug-likeness (QED) is 0.412. The van der Waals surface area contributed by atoms with E-state index in [1.54, 1.807) is 7.11 Å². The van der Waals surface area contributed by atoms with Crippen molar-refractivity contribution in [1.82, 2.24) is 0 Å². The molecule has 0 aliphatic rings. The molecule has 0 aliphatic heterocycles. The van der Waals surface area contributed by atoms with E-state index in [1.807, 2.05) is 55.5 Å². The second-order valence-corrected chi connectivity index (χ2v) is 5.30. The monoisotopic (exact) mass is 323 g/mol. The molecule has 0 N–H and O–H groups in total. The van der Waals surface area contributed by atoms with Crippen molar-refractivity contribution in [3.63, 3.8) is 0 Å². The van der Waals surface area contributed by atoms with Crippen molar-refractivity contribution >= 4 is 22.7 Å². The van der Waals surface area contributed by atoms with E-state index in [9.17, 15) is 4.79 Å². The standard InChI is InChI=1S/C19H17NO4/c1-12-16-6-4-5-7-17(16)23-19(12)18(20-24-13(2)21)14-8-10-15(22-3)11-9-14/h4-11H,1-3H3/b20-18+. The third kappa shape index (κ3) is 3.01. The molecule has 1 aromatic heterocycles. The normalized spacial score (nSPS) is 11.5. The largest absolute Gasteiger partial charge is 0.497 e. The Labute approximate surface area is 139 Å². The van der Waals surface area contributed by atoms with Crippen LogP contribution < -0.4 is 4.74 Å². The summed E-state index contributed by atoms with van der Waals surface area (Å²) >= 11 is 0. The van der Waals surface area contributed by atoms with Crippen molar-refractivity contribution in [2.45, 2.75) is 13.8 Å². The molecule has 0 fully saturated rings. The first-order valence-electron chi connectivity index (χ1n) is 7.48. The maximum absolute atomic E-state index is 11.2. The molecular formula is C19H17NO4. The first-order valence-corrected chi connectivity index (χ1v) is 7.48. The zero-order valence-corrected chi connectivity index (χ0v) is 13.7. The second kappa shape index (κ2) is 6.58. The lowest BCUT2D eigenvalue weighted by molar-refractivity contribution is -0.140. The average molecular weight is 323 g/mol. The molecule has 3 rings (SSSR count). The van der Waals surface area contributed by atoms with E-state index >= 15 is 0 Å². The van der Waals surface area contributed by atoms with Crippen molar-refractivity contribution in [3.8, 4) is 5.75 Å². The fourth-order valence-electron chi connectivity index (χ4n) is 2.48. The topological polar surface area (TPSA) is 61.0 Å². The molecule has 0 bridgehead atoms. The Balaban J connectivity index is 2.14. The summed E-state index contributed by atoms with van der Waals surface area (Å²) in [5.41, 5.74) is 2.92. The molecule has 5 nitrogen and oxygen atoms in total. The predicted molar refractivity (Wildman–Crippen MR) is 91.4 cm³/mol. The minimum atomic E-state index is -0.491. The van der Waals surface area contributed by atoms with E-state index in [-0.39, 0.29) is 0 Å². The predicted octanol–water partition coefficient (Wildman–Crippen LogP) is 4.07. The minimum Gasteiger partial charge on any atom is -0.497 e. The van der Waals surface area contributed by atoms with Gasteiger partial charge >= 0.3 is 5.97 Å². The Bertz CT molecular complexity index is 907. The summed E-state index contributed by atoms with van der Waals surface area (Å²) in [7, 11) is 1.60. The summed E-state index contributed by atoms with van der Waals surface area (Å²) in [5, 5.41) is 5.00. The van der Waals surface area contributed by atoms with Gasteiger partial charge in [0.2, 0.25) is 0 Å². The molecule has 0 aliphatic carbocycles. The third-order valence-corrected chi connectivity index (χ3v) is 3.69. The van der Waals surface area contributed by atoms with Gasteiger partial charge in [-0.05, 0) is 37.3 Å². The van der Waals surface area contributed by atoms with E-state index in [0.29, 0.717) is 11.5 Å². The fraction of sp³-hybridized carbons (Fsp3) is 0.158. The summed E-state index contributed by atoms with van der Waals surface area (Å²) in [6, 6.07) is 15.0. The molecule has 2 aromatic carbocycles. The molecule has 24 heavy (non-hydrogen) atoms. The number of oxime groups is 1. The highest BCUT2D eigenvalue weighted by Gasteiger charge is 2.19. The molecule has 0 unspecified atom stereocenters. The van der Waals surface area contributed by atoms with E-state index in [2.05, 4.69) is 5.16 Å². The third-order valence-electron chi connectivity index (χ3n) is 3.69. The fourth-order valence-corrected chi connectivity index (χ4v) is 2.48. The number of furan rings is 1. The highest BCUT2D eigenvalue weighted by Crippen LogP contribution is 2.28. The van der Waals surface area contributed by atoms with Crippen molar-refractivity contribution in [2.24, 2.45) is 5.16 Å². The number of para-hydroxylation sites is 1. The highest BCUT2D eigenvalue weighted by atomic mass is 16.7. The van der Waals surface area contributed by atoms with Crippen molar-refractivity contribution in [1.29, 1.82) is 0 Å². The maximum Gasteiger partial charge on any atom is 0.332 e. The second-order valence-electron chi connectivity index (χ2n) is 5.30. The van der Waals surface area contributed by atoms with Crippen molar-refractivity contribution in [2.75, 3.05) is 7.11 Å². The number of carbonyl (C=O) groups excluding carboxylic acids is 1. The lowest BCUT2D eigenvalue weighted by atomic mass is 10.0. The molecule has 0 atom stereocenters. The number of hydrogen-bond donors (Lipinski definition) is 0. The molecule has 122 valence electrons. The lowest BCUT2D eigenvalue weighted by Gasteiger charge is -2.06. The van der Waals surface area contributed by atoms with Crippen LogP contribution in [0.4, 0.5) is 0 Å². The van der Waals surface area contributed by atoms with Gasteiger partial charge in [0.15, 0.2) is 11.5 Å². The van der Waals surface area contributed by atoms with Gasteiger partial charge in [-0.2, -0.15) is 0 Å². The number of aryl methyl sites for hydroxylation is 1. The van der Waals surface area contributed by atoms with E-state index < -0.39 is 5.97 Å². The summed E-state index contributed by atoms with van der Waals surface area (Å²) in [6.45, 7) is 3.26. The molecule has 1 heterocycles. The Morgan fingerprint density at radius 3 is 2.42 bits per heavy atom. The molecule has 0 spiro atoms. The van der Waals surface area contributed by atoms with Gasteiger partial charge in [-0.15, -0.1) is 0 Å². The number of ether oxygens (including phenoxy) is 1. The molecule has 0 saturated heterocycles. The number of nitrogens with zero attached hydrogens (tertiary/aromatic N) is 1. The highest BCUT2D eigenvalue weighted by molar-refractivity contribution is 6.14. The molecule has 3 aromatic rings. The first kappa shape index (κ1) is 15.8. The average Bonchev–Trinajstić information content (AvgIpc) is 2.93. The van der Waals surface area contributed by atoms with Gasteiger partial charge in [-0.1, -0.05) is 23.4 Å². The van der Waals surface area contributed by atoms with Crippen molar-refractivity contribution in [3.05, 3.63) is 65.4 Å². The first-order chi connectivity index (χ1) is 11.6. The van der Waals surface area contributed by atoms with Crippen LogP contribution in [-0.4, -0.2) is 18.8 Å². The minimum absolute atomic E-state index is 0.460. The Hall–Kier alpha value is -3.08. The van der Waals surface area contributed by atoms with Crippen LogP contribution in [0.25, 0.3) is 11.0 Å². The Morgan fingerprint density at radius 2 is 1.79 bits per heavy atom. The zero-order valence-electron chi connectivity index (χ0n) is 13.7. The van der Waals surface area contributed by atoms with Crippen molar-refractivity contribution < 1.29 is 18.8 Å². The SMILES string of the molecule is COc1ccc(/C(=N\OC(C)=O)c2oc3ccccc3c2C)cc1. The number of fused-ring (bicyclic) bond motifs is 1. The number of benzene rings is 2. The van der Waals surface area contributed by atoms with E-state index in [0.717, 1.165) is 27.8 Å². The van der Waals surface area contributed by atoms with Gasteiger partial charge in [-0.3, -0.25) is 0 Å². The summed E-state index contributed by atoms with van der Waals surface area (Å²) in [5.74, 6) is 0.810. The summed E-state index contributed by atoms with van der Waals surface area (Å²) in [4.78, 5) is 16.1. The number of carbonyl (C=O) groups is 1. The zero-order chi connectivity index (χ0) is 17.1. The molecule has 0 radical (unpaired) electrons. The van der Waals surface area contributed by atoms with Crippen LogP contribution >= 0.6 is 0 Å². The van der Waals surface area contributed by atoms with E-state index in [1.165, 1.54) is 6.92 Å². The van der Waals surface area contributed by atoms with Crippen LogP contribution in [0.5, 0.6) is 5.75 Å². The van der Waals surface area contributed by atoms with E-state index in [4.69, 9.17) is 14.0 Å². The summed E-state index contributed by atoms with van der Waals surface area (Å²) < 4.78 is 11.1. The van der Waals surface area contributed by atoms with Gasteiger partial charge in [-0.25, -0.2) is 4.79 Å². The molecule has 0 amide bonds. The van der Waals surface area contributed by atoms with Crippen LogP contribution in [0.2, 0.25) is 0 Å². The number of methoxy groups -OCH3 is 1. The van der Waals surface area contributed by atoms with Gasteiger partial charge in [0.1, 0.15) is 11.3 Å². The van der Waals surface area contributed by atoms with Gasteiger partial charge < -0.3 is 14.0 Å². The summed E-state index contributed by atoms with van der Waals surface area (Å²) in [6.07, 6.45) is 0. The van der Waals surface area contributed by atoms with Crippen LogP contribution in [0.3, 0.4) is 0 Å². The smallest absolute Gasteiger partial charge is 0.332 e. The van der Waals surface area contributed by atoms with Crippen LogP contribution in [0.1, 0.15) is 23.8 Å². The number of hydrogen-bond acceptors (Lipinski definition) is 5. The van der Waals surface area contributed by atoms with Crippen LogP contribution in [-0.2, 0) is 9.63 Å².